The number of carbonyl (C=O) groups is 1. The van der Waals surface area contributed by atoms with Gasteiger partial charge in [0, 0.05) is 12.1 Å². The Hall–Kier alpha value is -1.01. The number of hydrogen-bond acceptors (Lipinski definition) is 5. The number of nitrogens with one attached hydrogen (secondary N) is 1. The van der Waals surface area contributed by atoms with E-state index in [2.05, 4.69) is 14.9 Å². The van der Waals surface area contributed by atoms with Crippen molar-refractivity contribution in [3.8, 4) is 0 Å². The number of rotatable bonds is 3. The minimum Gasteiger partial charge on any atom is -0.348 e. The van der Waals surface area contributed by atoms with Gasteiger partial charge in [0.25, 0.3) is 5.91 Å². The summed E-state index contributed by atoms with van der Waals surface area (Å²) in [5, 5.41) is 7.28. The fourth-order valence-electron chi connectivity index (χ4n) is 3.85. The third-order valence-electron chi connectivity index (χ3n) is 4.77. The van der Waals surface area contributed by atoms with Gasteiger partial charge in [0.15, 0.2) is 0 Å². The summed E-state index contributed by atoms with van der Waals surface area (Å²) in [5.74, 6) is 1.11. The van der Waals surface area contributed by atoms with Crippen LogP contribution in [0.2, 0.25) is 0 Å². The number of nitrogens with zero attached hydrogens (tertiary/aromatic N) is 2. The van der Waals surface area contributed by atoms with Crippen molar-refractivity contribution in [1.29, 1.82) is 0 Å². The highest BCUT2D eigenvalue weighted by molar-refractivity contribution is 7.08. The number of aromatic nitrogens is 2. The monoisotopic (exact) mass is 294 g/mol. The Kier molecular flexibility index (Phi) is 4.03. The molecule has 110 valence electrons. The molecule has 6 heteroatoms. The average molecular weight is 294 g/mol. The number of hydrogen-bond donors (Lipinski definition) is 2. The zero-order valence-electron chi connectivity index (χ0n) is 11.8. The van der Waals surface area contributed by atoms with E-state index in [1.807, 2.05) is 6.92 Å². The number of carbonyl (C=O) groups excluding carboxylic acids is 1. The number of amides is 1. The topological polar surface area (TPSA) is 80.9 Å². The molecule has 1 aromatic rings. The third kappa shape index (κ3) is 2.59. The lowest BCUT2D eigenvalue weighted by atomic mass is 9.67. The van der Waals surface area contributed by atoms with Gasteiger partial charge >= 0.3 is 0 Å². The van der Waals surface area contributed by atoms with E-state index in [0.29, 0.717) is 28.8 Å². The molecular formula is C14H22N4OS. The van der Waals surface area contributed by atoms with Crippen molar-refractivity contribution in [2.75, 3.05) is 0 Å². The van der Waals surface area contributed by atoms with Crippen molar-refractivity contribution >= 4 is 17.4 Å². The first-order valence-electron chi connectivity index (χ1n) is 7.56. The lowest BCUT2D eigenvalue weighted by molar-refractivity contribution is 0.0758. The minimum absolute atomic E-state index is 0.00854. The van der Waals surface area contributed by atoms with Crippen LogP contribution in [0.25, 0.3) is 0 Å². The van der Waals surface area contributed by atoms with Gasteiger partial charge in [0.2, 0.25) is 0 Å². The molecule has 3 N–H and O–H groups in total. The van der Waals surface area contributed by atoms with Crippen molar-refractivity contribution in [3.05, 3.63) is 10.6 Å². The maximum atomic E-state index is 12.5. The van der Waals surface area contributed by atoms with E-state index in [-0.39, 0.29) is 5.91 Å². The summed E-state index contributed by atoms with van der Waals surface area (Å²) >= 11 is 1.20. The molecule has 2 aliphatic rings. The summed E-state index contributed by atoms with van der Waals surface area (Å²) in [6, 6.07) is 0.609. The molecule has 1 aromatic heterocycles. The zero-order chi connectivity index (χ0) is 14.1. The second kappa shape index (κ2) is 5.77. The molecule has 0 spiro atoms. The summed E-state index contributed by atoms with van der Waals surface area (Å²) in [6.07, 6.45) is 6.50. The molecule has 2 aliphatic carbocycles. The van der Waals surface area contributed by atoms with Crippen molar-refractivity contribution < 1.29 is 4.79 Å². The lowest BCUT2D eigenvalue weighted by Gasteiger charge is -2.45. The maximum absolute atomic E-state index is 12.5. The largest absolute Gasteiger partial charge is 0.348 e. The molecule has 5 nitrogen and oxygen atoms in total. The first-order chi connectivity index (χ1) is 9.69. The Balaban J connectivity index is 1.72. The van der Waals surface area contributed by atoms with Crippen LogP contribution in [0.1, 0.15) is 54.4 Å². The average Bonchev–Trinajstić information content (AvgIpc) is 2.88. The van der Waals surface area contributed by atoms with Crippen molar-refractivity contribution in [2.24, 2.45) is 17.6 Å². The highest BCUT2D eigenvalue weighted by atomic mass is 32.1. The maximum Gasteiger partial charge on any atom is 0.265 e. The van der Waals surface area contributed by atoms with Crippen LogP contribution in [0, 0.1) is 11.8 Å². The Labute approximate surface area is 123 Å². The molecule has 1 amide bonds. The molecular weight excluding hydrogens is 272 g/mol. The van der Waals surface area contributed by atoms with E-state index in [0.717, 1.165) is 25.0 Å². The molecule has 2 atom stereocenters. The van der Waals surface area contributed by atoms with Gasteiger partial charge in [-0.15, -0.1) is 5.10 Å². The molecule has 2 saturated carbocycles. The van der Waals surface area contributed by atoms with Crippen molar-refractivity contribution in [2.45, 2.75) is 57.5 Å². The summed E-state index contributed by atoms with van der Waals surface area (Å²) in [4.78, 5) is 13.1. The molecule has 20 heavy (non-hydrogen) atoms. The molecule has 3 rings (SSSR count). The molecule has 2 fully saturated rings. The van der Waals surface area contributed by atoms with Crippen LogP contribution < -0.4 is 11.1 Å². The van der Waals surface area contributed by atoms with Gasteiger partial charge in [0.05, 0.1) is 5.69 Å². The third-order valence-corrected chi connectivity index (χ3v) is 5.54. The van der Waals surface area contributed by atoms with Crippen LogP contribution in [0.3, 0.4) is 0 Å². The van der Waals surface area contributed by atoms with Crippen LogP contribution in [0.15, 0.2) is 0 Å². The molecule has 1 heterocycles. The van der Waals surface area contributed by atoms with Crippen LogP contribution in [-0.4, -0.2) is 27.6 Å². The molecule has 0 saturated heterocycles. The van der Waals surface area contributed by atoms with Crippen molar-refractivity contribution in [3.63, 3.8) is 0 Å². The zero-order valence-corrected chi connectivity index (χ0v) is 12.7. The van der Waals surface area contributed by atoms with Crippen LogP contribution in [-0.2, 0) is 6.42 Å². The minimum atomic E-state index is 0.00854. The molecule has 0 radical (unpaired) electrons. The van der Waals surface area contributed by atoms with Gasteiger partial charge < -0.3 is 11.1 Å². The van der Waals surface area contributed by atoms with Gasteiger partial charge in [-0.1, -0.05) is 17.8 Å². The van der Waals surface area contributed by atoms with Crippen LogP contribution >= 0.6 is 11.5 Å². The number of nitrogens with two attached hydrogens (primary N) is 1. The number of fused-ring (bicyclic) bond motifs is 2. The van der Waals surface area contributed by atoms with Gasteiger partial charge in [-0.3, -0.25) is 4.79 Å². The molecule has 2 unspecified atom stereocenters. The molecule has 0 aliphatic heterocycles. The van der Waals surface area contributed by atoms with Gasteiger partial charge in [-0.2, -0.15) is 0 Å². The van der Waals surface area contributed by atoms with E-state index in [9.17, 15) is 4.79 Å². The summed E-state index contributed by atoms with van der Waals surface area (Å²) < 4.78 is 3.90. The van der Waals surface area contributed by atoms with E-state index >= 15 is 0 Å². The Bertz CT molecular complexity index is 475. The van der Waals surface area contributed by atoms with Crippen LogP contribution in [0.5, 0.6) is 0 Å². The SMILES string of the molecule is CCc1nnsc1C(=O)NC1C2CCCC1CC(N)C2. The lowest BCUT2D eigenvalue weighted by Crippen LogP contribution is -2.53. The normalized spacial score (nSPS) is 32.9. The molecule has 0 aromatic carbocycles. The standard InChI is InChI=1S/C14H22N4OS/c1-2-11-13(20-18-17-11)14(19)16-12-8-4-3-5-9(12)7-10(15)6-8/h8-10,12H,2-7,15H2,1H3,(H,16,19). The second-order valence-electron chi connectivity index (χ2n) is 6.08. The Morgan fingerprint density at radius 3 is 2.75 bits per heavy atom. The van der Waals surface area contributed by atoms with E-state index in [1.165, 1.54) is 30.8 Å². The highest BCUT2D eigenvalue weighted by Crippen LogP contribution is 2.39. The summed E-state index contributed by atoms with van der Waals surface area (Å²) in [6.45, 7) is 2.00. The fourth-order valence-corrected chi connectivity index (χ4v) is 4.51. The van der Waals surface area contributed by atoms with Gasteiger partial charge in [0.1, 0.15) is 4.88 Å². The van der Waals surface area contributed by atoms with Gasteiger partial charge in [-0.25, -0.2) is 0 Å². The molecule has 2 bridgehead atoms. The highest BCUT2D eigenvalue weighted by Gasteiger charge is 2.40. The second-order valence-corrected chi connectivity index (χ2v) is 6.84. The van der Waals surface area contributed by atoms with E-state index in [1.54, 1.807) is 0 Å². The fraction of sp³-hybridized carbons (Fsp3) is 0.786. The van der Waals surface area contributed by atoms with E-state index in [4.69, 9.17) is 5.73 Å². The van der Waals surface area contributed by atoms with Crippen LogP contribution in [0.4, 0.5) is 0 Å². The summed E-state index contributed by atoms with van der Waals surface area (Å²) in [7, 11) is 0. The van der Waals surface area contributed by atoms with Gasteiger partial charge in [-0.05, 0) is 55.5 Å². The predicted molar refractivity (Wildman–Crippen MR) is 78.6 cm³/mol. The predicted octanol–water partition coefficient (Wildman–Crippen LogP) is 1.74. The Morgan fingerprint density at radius 2 is 2.10 bits per heavy atom. The Morgan fingerprint density at radius 1 is 1.40 bits per heavy atom. The summed E-state index contributed by atoms with van der Waals surface area (Å²) in [5.41, 5.74) is 6.94. The quantitative estimate of drug-likeness (QED) is 0.889. The smallest absolute Gasteiger partial charge is 0.265 e. The van der Waals surface area contributed by atoms with E-state index < -0.39 is 0 Å². The first-order valence-corrected chi connectivity index (χ1v) is 8.34. The van der Waals surface area contributed by atoms with Crippen molar-refractivity contribution in [1.82, 2.24) is 14.9 Å². The number of aryl methyl sites for hydroxylation is 1. The first kappa shape index (κ1) is 13.9.